The molecular weight excluding hydrogens is 556 g/mol. The van der Waals surface area contributed by atoms with Crippen molar-refractivity contribution in [1.29, 1.82) is 0 Å². The van der Waals surface area contributed by atoms with Gasteiger partial charge < -0.3 is 11.1 Å². The molecule has 3 N–H and O–H groups in total. The summed E-state index contributed by atoms with van der Waals surface area (Å²) in [6, 6.07) is 25.5. The van der Waals surface area contributed by atoms with Crippen molar-refractivity contribution in [1.82, 2.24) is 5.32 Å². The molecule has 0 heterocycles. The van der Waals surface area contributed by atoms with Gasteiger partial charge in [-0.05, 0) is 121 Å². The summed E-state index contributed by atoms with van der Waals surface area (Å²) in [7, 11) is 0. The lowest BCUT2D eigenvalue weighted by molar-refractivity contribution is 0.586. The summed E-state index contributed by atoms with van der Waals surface area (Å²) in [4.78, 5) is 0. The molecule has 46 heavy (non-hydrogen) atoms. The molecular formula is C44H54N2. The predicted octanol–water partition coefficient (Wildman–Crippen LogP) is 10.7. The third-order valence-corrected chi connectivity index (χ3v) is 9.64. The molecule has 0 amide bonds. The maximum absolute atomic E-state index is 5.87. The first-order valence-electron chi connectivity index (χ1n) is 17.2. The summed E-state index contributed by atoms with van der Waals surface area (Å²) in [6.45, 7) is 19.2. The van der Waals surface area contributed by atoms with Gasteiger partial charge in [0.05, 0.1) is 5.41 Å². The van der Waals surface area contributed by atoms with Crippen molar-refractivity contribution >= 4 is 5.57 Å². The maximum atomic E-state index is 5.87. The lowest BCUT2D eigenvalue weighted by Crippen LogP contribution is -2.35. The number of hydrogen-bond acceptors (Lipinski definition) is 2. The van der Waals surface area contributed by atoms with Crippen LogP contribution in [0, 0.1) is 6.92 Å². The van der Waals surface area contributed by atoms with Gasteiger partial charge in [0, 0.05) is 18.3 Å². The van der Waals surface area contributed by atoms with E-state index in [2.05, 4.69) is 118 Å². The second kappa shape index (κ2) is 15.9. The van der Waals surface area contributed by atoms with Crippen LogP contribution in [0.1, 0.15) is 99.7 Å². The molecule has 0 fully saturated rings. The summed E-state index contributed by atoms with van der Waals surface area (Å²) in [5.41, 5.74) is 22.4. The normalized spacial score (nSPS) is 18.7. The predicted molar refractivity (Wildman–Crippen MR) is 201 cm³/mol. The molecule has 6 rings (SSSR count). The third kappa shape index (κ3) is 6.55. The van der Waals surface area contributed by atoms with E-state index in [1.54, 1.807) is 5.57 Å². The van der Waals surface area contributed by atoms with Crippen LogP contribution < -0.4 is 11.1 Å². The average Bonchev–Trinajstić information content (AvgIpc) is 3.38. The number of nitrogens with two attached hydrogens (primary N) is 1. The number of rotatable bonds is 7. The molecule has 2 heteroatoms. The van der Waals surface area contributed by atoms with E-state index in [1.165, 1.54) is 55.7 Å². The molecule has 0 aromatic heterocycles. The quantitative estimate of drug-likeness (QED) is 0.206. The largest absolute Gasteiger partial charge is 0.399 e. The molecule has 3 aromatic rings. The van der Waals surface area contributed by atoms with Crippen LogP contribution in [0.3, 0.4) is 0 Å². The number of benzene rings is 3. The van der Waals surface area contributed by atoms with Gasteiger partial charge in [0.25, 0.3) is 0 Å². The van der Waals surface area contributed by atoms with E-state index in [1.807, 2.05) is 45.1 Å². The Morgan fingerprint density at radius 1 is 0.978 bits per heavy atom. The Balaban J connectivity index is 0.000000221. The number of aryl methyl sites for hydroxylation is 1. The minimum Gasteiger partial charge on any atom is -0.399 e. The van der Waals surface area contributed by atoms with Crippen molar-refractivity contribution in [2.45, 2.75) is 85.6 Å². The molecule has 2 nitrogen and oxygen atoms in total. The summed E-state index contributed by atoms with van der Waals surface area (Å²) in [5.74, 6) is 0. The van der Waals surface area contributed by atoms with Gasteiger partial charge in [-0.1, -0.05) is 117 Å². The van der Waals surface area contributed by atoms with E-state index in [4.69, 9.17) is 5.73 Å². The molecule has 240 valence electrons. The van der Waals surface area contributed by atoms with E-state index >= 15 is 0 Å². The summed E-state index contributed by atoms with van der Waals surface area (Å²) in [5, 5.41) is 3.44. The highest BCUT2D eigenvalue weighted by Crippen LogP contribution is 2.60. The SMILES string of the molecule is C=CCNC(CC)\C(C)=C(C)/C=C(N)\C=C/C.CC.Cc1cccc2c1Cc1ccccc1C21C2=C(CCC=C2)c2ccccc21. The van der Waals surface area contributed by atoms with Crippen molar-refractivity contribution in [3.63, 3.8) is 0 Å². The fourth-order valence-electron chi connectivity index (χ4n) is 7.47. The van der Waals surface area contributed by atoms with E-state index in [0.717, 1.165) is 37.9 Å². The molecule has 0 saturated carbocycles. The Kier molecular flexibility index (Phi) is 12.0. The summed E-state index contributed by atoms with van der Waals surface area (Å²) in [6.07, 6.45) is 17.0. The lowest BCUT2D eigenvalue weighted by Gasteiger charge is -2.41. The van der Waals surface area contributed by atoms with Crippen molar-refractivity contribution < 1.29 is 0 Å². The zero-order valence-corrected chi connectivity index (χ0v) is 29.2. The van der Waals surface area contributed by atoms with Crippen LogP contribution in [0.5, 0.6) is 0 Å². The van der Waals surface area contributed by atoms with Crippen LogP contribution in [0.25, 0.3) is 5.57 Å². The molecule has 3 aromatic carbocycles. The highest BCUT2D eigenvalue weighted by atomic mass is 14.9. The molecule has 2 unspecified atom stereocenters. The van der Waals surface area contributed by atoms with Crippen molar-refractivity contribution in [3.05, 3.63) is 171 Å². The average molecular weight is 611 g/mol. The molecule has 1 spiro atoms. The van der Waals surface area contributed by atoms with Gasteiger partial charge in [0.2, 0.25) is 0 Å². The topological polar surface area (TPSA) is 38.0 Å². The highest BCUT2D eigenvalue weighted by molar-refractivity contribution is 5.89. The number of allylic oxidation sites excluding steroid dienone is 8. The fourth-order valence-corrected chi connectivity index (χ4v) is 7.47. The van der Waals surface area contributed by atoms with Crippen LogP contribution in [0.2, 0.25) is 0 Å². The standard InChI is InChI=1S/C27H22.C15H26N2.C2H6/c1-18-9-8-16-26-22(18)17-19-10-2-5-13-23(19)27(26)24-14-6-3-11-20(24)21-12-4-7-15-25(21)27;1-6-9-14(16)11-12(4)13(5)15(8-3)17-10-7-2;1-2/h2-3,5-11,13-16H,4,12,17H2,1H3;6-7,9,11,15,17H,2,8,10,16H2,1,3-5H3;1-2H3/b;9-6-,13-12-,14-11+;. The van der Waals surface area contributed by atoms with Gasteiger partial charge in [-0.15, -0.1) is 6.58 Å². The van der Waals surface area contributed by atoms with Crippen LogP contribution in [0.4, 0.5) is 0 Å². The number of nitrogens with one attached hydrogen (secondary N) is 1. The molecule has 3 aliphatic rings. The van der Waals surface area contributed by atoms with Gasteiger partial charge in [-0.3, -0.25) is 0 Å². The molecule has 0 radical (unpaired) electrons. The Morgan fingerprint density at radius 2 is 1.67 bits per heavy atom. The van der Waals surface area contributed by atoms with Crippen LogP contribution in [-0.4, -0.2) is 12.6 Å². The zero-order chi connectivity index (χ0) is 33.3. The van der Waals surface area contributed by atoms with Crippen LogP contribution in [-0.2, 0) is 11.8 Å². The van der Waals surface area contributed by atoms with Crippen LogP contribution >= 0.6 is 0 Å². The Labute approximate surface area is 279 Å². The highest BCUT2D eigenvalue weighted by Gasteiger charge is 2.50. The van der Waals surface area contributed by atoms with E-state index < -0.39 is 0 Å². The molecule has 0 aliphatic heterocycles. The third-order valence-electron chi connectivity index (χ3n) is 9.64. The Bertz CT molecular complexity index is 1690. The van der Waals surface area contributed by atoms with Crippen molar-refractivity contribution in [2.75, 3.05) is 6.54 Å². The number of hydrogen-bond donors (Lipinski definition) is 2. The second-order valence-corrected chi connectivity index (χ2v) is 12.2. The van der Waals surface area contributed by atoms with Gasteiger partial charge in [0.1, 0.15) is 0 Å². The molecule has 2 atom stereocenters. The first-order valence-corrected chi connectivity index (χ1v) is 17.2. The zero-order valence-electron chi connectivity index (χ0n) is 29.2. The van der Waals surface area contributed by atoms with Gasteiger partial charge in [-0.25, -0.2) is 0 Å². The fraction of sp³-hybridized carbons (Fsp3) is 0.318. The molecule has 0 saturated heterocycles. The molecule has 3 aliphatic carbocycles. The minimum absolute atomic E-state index is 0.154. The van der Waals surface area contributed by atoms with Crippen LogP contribution in [0.15, 0.2) is 132 Å². The number of fused-ring (bicyclic) bond motifs is 8. The maximum Gasteiger partial charge on any atom is 0.0715 e. The van der Waals surface area contributed by atoms with Gasteiger partial charge in [0.15, 0.2) is 0 Å². The lowest BCUT2D eigenvalue weighted by atomic mass is 9.60. The van der Waals surface area contributed by atoms with Crippen molar-refractivity contribution in [2.24, 2.45) is 5.73 Å². The summed E-state index contributed by atoms with van der Waals surface area (Å²) >= 11 is 0. The first kappa shape index (κ1) is 34.7. The monoisotopic (exact) mass is 610 g/mol. The van der Waals surface area contributed by atoms with E-state index in [0.29, 0.717) is 6.04 Å². The smallest absolute Gasteiger partial charge is 0.0715 e. The minimum atomic E-state index is -0.154. The van der Waals surface area contributed by atoms with Gasteiger partial charge in [-0.2, -0.15) is 0 Å². The first-order chi connectivity index (χ1) is 22.4. The van der Waals surface area contributed by atoms with E-state index in [-0.39, 0.29) is 5.41 Å². The van der Waals surface area contributed by atoms with Gasteiger partial charge >= 0.3 is 0 Å². The Morgan fingerprint density at radius 3 is 2.39 bits per heavy atom. The van der Waals surface area contributed by atoms with Crippen molar-refractivity contribution in [3.8, 4) is 0 Å². The molecule has 0 bridgehead atoms. The Hall–Kier alpha value is -4.14. The summed E-state index contributed by atoms with van der Waals surface area (Å²) < 4.78 is 0. The van der Waals surface area contributed by atoms with E-state index in [9.17, 15) is 0 Å². The second-order valence-electron chi connectivity index (χ2n) is 12.2.